The standard InChI is InChI=1S/C21H22ClN5O4/c1-11-8-19(27-17(13(3)28)10-30-21(27)29)25-20(23-11)24-12(2)16-9-18(31-26-16)14-4-6-15(22)7-5-14/h4-9,12-13,17,28H,10H2,1-3H3,(H,23,24,25)/t12-,13+,17?/m0/s1. The van der Waals surface area contributed by atoms with E-state index in [4.69, 9.17) is 20.9 Å². The van der Waals surface area contributed by atoms with Crippen molar-refractivity contribution < 1.29 is 19.2 Å². The van der Waals surface area contributed by atoms with Gasteiger partial charge in [0.2, 0.25) is 5.95 Å². The highest BCUT2D eigenvalue weighted by molar-refractivity contribution is 6.30. The second-order valence-electron chi connectivity index (χ2n) is 7.43. The Kier molecular flexibility index (Phi) is 5.79. The van der Waals surface area contributed by atoms with Gasteiger partial charge in [-0.25, -0.2) is 9.78 Å². The van der Waals surface area contributed by atoms with E-state index in [1.165, 1.54) is 4.90 Å². The molecule has 2 aromatic heterocycles. The SMILES string of the molecule is Cc1cc(N2C(=O)OCC2[C@@H](C)O)nc(N[C@@H](C)c2cc(-c3ccc(Cl)cc3)on2)n1. The number of rotatable bonds is 6. The number of benzene rings is 1. The highest BCUT2D eigenvalue weighted by atomic mass is 35.5. The molecule has 0 saturated carbocycles. The van der Waals surface area contributed by atoms with E-state index in [0.717, 1.165) is 5.56 Å². The van der Waals surface area contributed by atoms with Gasteiger partial charge in [0.05, 0.1) is 12.1 Å². The van der Waals surface area contributed by atoms with Gasteiger partial charge in [-0.05, 0) is 45.0 Å². The smallest absolute Gasteiger partial charge is 0.416 e. The van der Waals surface area contributed by atoms with Crippen LogP contribution in [0.25, 0.3) is 11.3 Å². The highest BCUT2D eigenvalue weighted by Crippen LogP contribution is 2.28. The molecule has 4 rings (SSSR count). The minimum Gasteiger partial charge on any atom is -0.447 e. The maximum absolute atomic E-state index is 12.2. The predicted molar refractivity (Wildman–Crippen MR) is 115 cm³/mol. The summed E-state index contributed by atoms with van der Waals surface area (Å²) in [5.74, 6) is 1.30. The van der Waals surface area contributed by atoms with Gasteiger partial charge in [0.1, 0.15) is 24.2 Å². The molecular weight excluding hydrogens is 422 g/mol. The van der Waals surface area contributed by atoms with E-state index < -0.39 is 18.2 Å². The van der Waals surface area contributed by atoms with E-state index in [9.17, 15) is 9.90 Å². The van der Waals surface area contributed by atoms with Crippen LogP contribution in [0.2, 0.25) is 5.02 Å². The molecule has 162 valence electrons. The lowest BCUT2D eigenvalue weighted by atomic mass is 10.1. The second-order valence-corrected chi connectivity index (χ2v) is 7.87. The molecule has 0 aliphatic carbocycles. The summed E-state index contributed by atoms with van der Waals surface area (Å²) in [4.78, 5) is 22.4. The molecule has 1 amide bonds. The summed E-state index contributed by atoms with van der Waals surface area (Å²) in [6.45, 7) is 5.41. The number of carbonyl (C=O) groups excluding carboxylic acids is 1. The number of aryl methyl sites for hydroxylation is 1. The molecule has 0 spiro atoms. The summed E-state index contributed by atoms with van der Waals surface area (Å²) >= 11 is 5.94. The van der Waals surface area contributed by atoms with Crippen molar-refractivity contribution in [3.8, 4) is 11.3 Å². The number of cyclic esters (lactones) is 1. The lowest BCUT2D eigenvalue weighted by Crippen LogP contribution is -2.41. The largest absolute Gasteiger partial charge is 0.447 e. The minimum atomic E-state index is -0.765. The van der Waals surface area contributed by atoms with Gasteiger partial charge in [-0.15, -0.1) is 0 Å². The molecule has 1 aromatic carbocycles. The van der Waals surface area contributed by atoms with E-state index in [0.29, 0.717) is 33.9 Å². The first kappa shape index (κ1) is 21.1. The maximum Gasteiger partial charge on any atom is 0.416 e. The molecule has 0 bridgehead atoms. The maximum atomic E-state index is 12.2. The number of aliphatic hydroxyl groups is 1. The van der Waals surface area contributed by atoms with Crippen molar-refractivity contribution in [2.24, 2.45) is 0 Å². The summed E-state index contributed by atoms with van der Waals surface area (Å²) in [6, 6.07) is 10.0. The summed E-state index contributed by atoms with van der Waals surface area (Å²) in [5, 5.41) is 18.0. The first-order valence-corrected chi connectivity index (χ1v) is 10.2. The number of aliphatic hydroxyl groups excluding tert-OH is 1. The van der Waals surface area contributed by atoms with Crippen molar-refractivity contribution in [2.45, 2.75) is 39.0 Å². The highest BCUT2D eigenvalue weighted by Gasteiger charge is 2.38. The van der Waals surface area contributed by atoms with Crippen LogP contribution in [-0.2, 0) is 4.74 Å². The van der Waals surface area contributed by atoms with Crippen molar-refractivity contribution in [3.63, 3.8) is 0 Å². The number of nitrogens with one attached hydrogen (secondary N) is 1. The third-order valence-electron chi connectivity index (χ3n) is 5.00. The molecule has 3 atom stereocenters. The average Bonchev–Trinajstić information content (AvgIpc) is 3.35. The summed E-state index contributed by atoms with van der Waals surface area (Å²) in [7, 11) is 0. The van der Waals surface area contributed by atoms with Crippen LogP contribution < -0.4 is 10.2 Å². The first-order valence-electron chi connectivity index (χ1n) is 9.80. The van der Waals surface area contributed by atoms with E-state index in [1.54, 1.807) is 32.0 Å². The van der Waals surface area contributed by atoms with Crippen LogP contribution in [0, 0.1) is 6.92 Å². The van der Waals surface area contributed by atoms with Crippen LogP contribution in [0.15, 0.2) is 40.9 Å². The second kappa shape index (κ2) is 8.52. The number of nitrogens with zero attached hydrogens (tertiary/aromatic N) is 4. The van der Waals surface area contributed by atoms with E-state index in [2.05, 4.69) is 20.4 Å². The van der Waals surface area contributed by atoms with Gasteiger partial charge in [-0.2, -0.15) is 4.98 Å². The van der Waals surface area contributed by atoms with Gasteiger partial charge in [0.25, 0.3) is 0 Å². The van der Waals surface area contributed by atoms with Gasteiger partial charge in [-0.1, -0.05) is 16.8 Å². The third kappa shape index (κ3) is 4.47. The summed E-state index contributed by atoms with van der Waals surface area (Å²) < 4.78 is 10.6. The predicted octanol–water partition coefficient (Wildman–Crippen LogP) is 3.97. The number of aromatic nitrogens is 3. The first-order chi connectivity index (χ1) is 14.8. The van der Waals surface area contributed by atoms with Crippen molar-refractivity contribution >= 4 is 29.5 Å². The number of ether oxygens (including phenoxy) is 1. The van der Waals surface area contributed by atoms with Gasteiger partial charge < -0.3 is 19.7 Å². The quantitative estimate of drug-likeness (QED) is 0.588. The fourth-order valence-electron chi connectivity index (χ4n) is 3.31. The number of anilines is 2. The van der Waals surface area contributed by atoms with E-state index in [1.807, 2.05) is 25.1 Å². The Labute approximate surface area is 184 Å². The Morgan fingerprint density at radius 2 is 1.97 bits per heavy atom. The number of amides is 1. The van der Waals surface area contributed by atoms with Gasteiger partial charge in [0, 0.05) is 28.4 Å². The molecule has 2 N–H and O–H groups in total. The van der Waals surface area contributed by atoms with Crippen molar-refractivity contribution in [1.82, 2.24) is 15.1 Å². The molecule has 1 saturated heterocycles. The number of halogens is 1. The molecule has 9 nitrogen and oxygen atoms in total. The summed E-state index contributed by atoms with van der Waals surface area (Å²) in [6.07, 6.45) is -1.31. The molecule has 31 heavy (non-hydrogen) atoms. The van der Waals surface area contributed by atoms with Gasteiger partial charge >= 0.3 is 6.09 Å². The number of carbonyl (C=O) groups is 1. The zero-order chi connectivity index (χ0) is 22.1. The molecular formula is C21H22ClN5O4. The molecule has 1 aliphatic rings. The van der Waals surface area contributed by atoms with Crippen molar-refractivity contribution in [1.29, 1.82) is 0 Å². The van der Waals surface area contributed by atoms with Crippen LogP contribution in [0.5, 0.6) is 0 Å². The zero-order valence-corrected chi connectivity index (χ0v) is 18.0. The lowest BCUT2D eigenvalue weighted by Gasteiger charge is -2.23. The van der Waals surface area contributed by atoms with Crippen LogP contribution in [0.4, 0.5) is 16.6 Å². The minimum absolute atomic E-state index is 0.102. The Morgan fingerprint density at radius 1 is 1.23 bits per heavy atom. The van der Waals surface area contributed by atoms with Crippen LogP contribution >= 0.6 is 11.6 Å². The Hall–Kier alpha value is -3.17. The number of hydrogen-bond acceptors (Lipinski definition) is 8. The monoisotopic (exact) mass is 443 g/mol. The Morgan fingerprint density at radius 3 is 2.68 bits per heavy atom. The van der Waals surface area contributed by atoms with E-state index in [-0.39, 0.29) is 12.6 Å². The molecule has 10 heteroatoms. The van der Waals surface area contributed by atoms with Crippen LogP contribution in [-0.4, -0.2) is 45.1 Å². The van der Waals surface area contributed by atoms with E-state index >= 15 is 0 Å². The molecule has 1 aliphatic heterocycles. The van der Waals surface area contributed by atoms with Crippen LogP contribution in [0.1, 0.15) is 31.3 Å². The lowest BCUT2D eigenvalue weighted by molar-refractivity contribution is 0.142. The Bertz CT molecular complexity index is 1090. The fourth-order valence-corrected chi connectivity index (χ4v) is 3.43. The van der Waals surface area contributed by atoms with Gasteiger partial charge in [0.15, 0.2) is 5.76 Å². The van der Waals surface area contributed by atoms with Crippen molar-refractivity contribution in [3.05, 3.63) is 52.8 Å². The normalized spacial score (nSPS) is 18.0. The third-order valence-corrected chi connectivity index (χ3v) is 5.25. The zero-order valence-electron chi connectivity index (χ0n) is 17.2. The fraction of sp³-hybridized carbons (Fsp3) is 0.333. The molecule has 3 aromatic rings. The molecule has 3 heterocycles. The number of hydrogen-bond donors (Lipinski definition) is 2. The average molecular weight is 444 g/mol. The van der Waals surface area contributed by atoms with Crippen molar-refractivity contribution in [2.75, 3.05) is 16.8 Å². The van der Waals surface area contributed by atoms with Gasteiger partial charge in [-0.3, -0.25) is 4.90 Å². The summed E-state index contributed by atoms with van der Waals surface area (Å²) in [5.41, 5.74) is 2.19. The topological polar surface area (TPSA) is 114 Å². The Balaban J connectivity index is 1.54. The molecule has 1 unspecified atom stereocenters. The molecule has 0 radical (unpaired) electrons. The van der Waals surface area contributed by atoms with Crippen LogP contribution in [0.3, 0.4) is 0 Å². The molecule has 1 fully saturated rings.